The fraction of sp³-hybridized carbons (Fsp3) is 0.478. The molecule has 1 aromatic heterocycles. The highest BCUT2D eigenvalue weighted by atomic mass is 16.3. The number of rotatable bonds is 5. The SMILES string of the molecule is CCNC(=NCc1ccc(NC(=O)c2ccco2)cc1)N1CC2CCCCC2C1. The van der Waals surface area contributed by atoms with Gasteiger partial charge in [0.25, 0.3) is 5.91 Å². The highest BCUT2D eigenvalue weighted by Gasteiger charge is 2.35. The molecule has 2 aromatic rings. The molecule has 29 heavy (non-hydrogen) atoms. The molecule has 0 bridgehead atoms. The van der Waals surface area contributed by atoms with E-state index in [0.29, 0.717) is 12.3 Å². The quantitative estimate of drug-likeness (QED) is 0.591. The smallest absolute Gasteiger partial charge is 0.291 e. The van der Waals surface area contributed by atoms with Crippen LogP contribution in [0.25, 0.3) is 0 Å². The molecule has 1 aliphatic carbocycles. The van der Waals surface area contributed by atoms with E-state index in [0.717, 1.165) is 48.7 Å². The first-order valence-corrected chi connectivity index (χ1v) is 10.7. The summed E-state index contributed by atoms with van der Waals surface area (Å²) in [6.07, 6.45) is 6.99. The minimum Gasteiger partial charge on any atom is -0.459 e. The minimum atomic E-state index is -0.245. The molecule has 1 amide bonds. The Balaban J connectivity index is 1.36. The normalized spacial score (nSPS) is 21.7. The molecule has 154 valence electrons. The summed E-state index contributed by atoms with van der Waals surface area (Å²) in [5.41, 5.74) is 1.86. The van der Waals surface area contributed by atoms with Gasteiger partial charge in [-0.15, -0.1) is 0 Å². The molecule has 0 radical (unpaired) electrons. The fourth-order valence-corrected chi connectivity index (χ4v) is 4.46. The second-order valence-corrected chi connectivity index (χ2v) is 8.01. The molecule has 6 heteroatoms. The summed E-state index contributed by atoms with van der Waals surface area (Å²) in [5.74, 6) is 2.76. The van der Waals surface area contributed by atoms with E-state index in [-0.39, 0.29) is 5.91 Å². The Morgan fingerprint density at radius 1 is 1.14 bits per heavy atom. The van der Waals surface area contributed by atoms with Gasteiger partial charge in [0.2, 0.25) is 0 Å². The van der Waals surface area contributed by atoms with Gasteiger partial charge < -0.3 is 20.0 Å². The van der Waals surface area contributed by atoms with Crippen LogP contribution in [0.4, 0.5) is 5.69 Å². The van der Waals surface area contributed by atoms with Gasteiger partial charge in [-0.1, -0.05) is 25.0 Å². The van der Waals surface area contributed by atoms with Crippen molar-refractivity contribution in [2.24, 2.45) is 16.8 Å². The van der Waals surface area contributed by atoms with E-state index < -0.39 is 0 Å². The molecular formula is C23H30N4O2. The van der Waals surface area contributed by atoms with Gasteiger partial charge in [0.15, 0.2) is 11.7 Å². The number of nitrogens with one attached hydrogen (secondary N) is 2. The van der Waals surface area contributed by atoms with E-state index in [9.17, 15) is 4.79 Å². The molecule has 6 nitrogen and oxygen atoms in total. The van der Waals surface area contributed by atoms with Crippen molar-refractivity contribution in [1.82, 2.24) is 10.2 Å². The average Bonchev–Trinajstić information content (AvgIpc) is 3.42. The monoisotopic (exact) mass is 394 g/mol. The summed E-state index contributed by atoms with van der Waals surface area (Å²) in [6, 6.07) is 11.2. The predicted molar refractivity (Wildman–Crippen MR) is 115 cm³/mol. The van der Waals surface area contributed by atoms with Gasteiger partial charge in [0.05, 0.1) is 12.8 Å². The number of carbonyl (C=O) groups is 1. The Morgan fingerprint density at radius 2 is 1.86 bits per heavy atom. The van der Waals surface area contributed by atoms with Crippen molar-refractivity contribution in [2.75, 3.05) is 25.0 Å². The number of amides is 1. The van der Waals surface area contributed by atoms with Gasteiger partial charge in [-0.3, -0.25) is 4.79 Å². The Kier molecular flexibility index (Phi) is 6.17. The lowest BCUT2D eigenvalue weighted by molar-refractivity contribution is 0.0996. The van der Waals surface area contributed by atoms with Crippen molar-refractivity contribution in [3.05, 3.63) is 54.0 Å². The highest BCUT2D eigenvalue weighted by Crippen LogP contribution is 2.36. The number of nitrogens with zero attached hydrogens (tertiary/aromatic N) is 2. The summed E-state index contributed by atoms with van der Waals surface area (Å²) < 4.78 is 5.12. The number of benzene rings is 1. The number of carbonyl (C=O) groups excluding carboxylic acids is 1. The molecule has 4 rings (SSSR count). The van der Waals surface area contributed by atoms with Crippen LogP contribution in [0.5, 0.6) is 0 Å². The predicted octanol–water partition coefficient (Wildman–Crippen LogP) is 4.12. The molecule has 1 aromatic carbocycles. The van der Waals surface area contributed by atoms with E-state index in [1.54, 1.807) is 12.1 Å². The summed E-state index contributed by atoms with van der Waals surface area (Å²) in [6.45, 7) is 5.89. The maximum absolute atomic E-state index is 12.1. The first-order chi connectivity index (χ1) is 14.2. The van der Waals surface area contributed by atoms with Gasteiger partial charge in [0.1, 0.15) is 0 Å². The lowest BCUT2D eigenvalue weighted by Crippen LogP contribution is -2.40. The number of fused-ring (bicyclic) bond motifs is 1. The third-order valence-corrected chi connectivity index (χ3v) is 5.98. The Labute approximate surface area is 172 Å². The standard InChI is InChI=1S/C23H30N4O2/c1-2-24-23(27-15-18-6-3-4-7-19(18)16-27)25-14-17-9-11-20(12-10-17)26-22(28)21-8-5-13-29-21/h5,8-13,18-19H,2-4,6-7,14-16H2,1H3,(H,24,25)(H,26,28). The second kappa shape index (κ2) is 9.16. The molecular weight excluding hydrogens is 364 g/mol. The van der Waals surface area contributed by atoms with Crippen LogP contribution >= 0.6 is 0 Å². The number of furan rings is 1. The van der Waals surface area contributed by atoms with E-state index in [1.165, 1.54) is 31.9 Å². The Hall–Kier alpha value is -2.76. The number of anilines is 1. The van der Waals surface area contributed by atoms with Crippen molar-refractivity contribution >= 4 is 17.6 Å². The number of likely N-dealkylation sites (tertiary alicyclic amines) is 1. The third kappa shape index (κ3) is 4.81. The molecule has 2 atom stereocenters. The molecule has 1 aliphatic heterocycles. The van der Waals surface area contributed by atoms with Crippen molar-refractivity contribution in [3.63, 3.8) is 0 Å². The summed E-state index contributed by atoms with van der Waals surface area (Å²) in [4.78, 5) is 19.4. The summed E-state index contributed by atoms with van der Waals surface area (Å²) in [7, 11) is 0. The zero-order valence-corrected chi connectivity index (χ0v) is 17.1. The second-order valence-electron chi connectivity index (χ2n) is 8.01. The molecule has 1 saturated carbocycles. The van der Waals surface area contributed by atoms with Crippen LogP contribution in [0.1, 0.15) is 48.7 Å². The van der Waals surface area contributed by atoms with Crippen molar-refractivity contribution in [3.8, 4) is 0 Å². The molecule has 2 heterocycles. The zero-order chi connectivity index (χ0) is 20.1. The molecule has 0 spiro atoms. The summed E-state index contributed by atoms with van der Waals surface area (Å²) in [5, 5.41) is 6.31. The average molecular weight is 395 g/mol. The van der Waals surface area contributed by atoms with Gasteiger partial charge in [-0.25, -0.2) is 4.99 Å². The molecule has 2 N–H and O–H groups in total. The maximum Gasteiger partial charge on any atom is 0.291 e. The molecule has 2 aliphatic rings. The summed E-state index contributed by atoms with van der Waals surface area (Å²) >= 11 is 0. The van der Waals surface area contributed by atoms with Crippen molar-refractivity contribution in [1.29, 1.82) is 0 Å². The first kappa shape index (κ1) is 19.6. The van der Waals surface area contributed by atoms with Gasteiger partial charge in [0, 0.05) is 25.3 Å². The minimum absolute atomic E-state index is 0.245. The van der Waals surface area contributed by atoms with E-state index >= 15 is 0 Å². The van der Waals surface area contributed by atoms with Gasteiger partial charge in [-0.2, -0.15) is 0 Å². The molecule has 2 fully saturated rings. The van der Waals surface area contributed by atoms with Gasteiger partial charge >= 0.3 is 0 Å². The zero-order valence-electron chi connectivity index (χ0n) is 17.1. The number of hydrogen-bond acceptors (Lipinski definition) is 3. The van der Waals surface area contributed by atoms with E-state index in [2.05, 4.69) is 22.5 Å². The Morgan fingerprint density at radius 3 is 2.48 bits per heavy atom. The van der Waals surface area contributed by atoms with Crippen LogP contribution in [0, 0.1) is 11.8 Å². The number of guanidine groups is 1. The molecule has 2 unspecified atom stereocenters. The van der Waals surface area contributed by atoms with Crippen LogP contribution in [0.15, 0.2) is 52.1 Å². The number of aliphatic imine (C=N–C) groups is 1. The van der Waals surface area contributed by atoms with Gasteiger partial charge in [-0.05, 0) is 61.4 Å². The molecule has 1 saturated heterocycles. The topological polar surface area (TPSA) is 69.9 Å². The number of hydrogen-bond donors (Lipinski definition) is 2. The first-order valence-electron chi connectivity index (χ1n) is 10.7. The van der Waals surface area contributed by atoms with Crippen LogP contribution in [0.3, 0.4) is 0 Å². The van der Waals surface area contributed by atoms with Crippen LogP contribution < -0.4 is 10.6 Å². The van der Waals surface area contributed by atoms with Crippen molar-refractivity contribution in [2.45, 2.75) is 39.2 Å². The third-order valence-electron chi connectivity index (χ3n) is 5.98. The van der Waals surface area contributed by atoms with Crippen LogP contribution in [0.2, 0.25) is 0 Å². The fourth-order valence-electron chi connectivity index (χ4n) is 4.46. The maximum atomic E-state index is 12.1. The largest absolute Gasteiger partial charge is 0.459 e. The van der Waals surface area contributed by atoms with Crippen molar-refractivity contribution < 1.29 is 9.21 Å². The van der Waals surface area contributed by atoms with E-state index in [1.807, 2.05) is 24.3 Å². The highest BCUT2D eigenvalue weighted by molar-refractivity contribution is 6.02. The van der Waals surface area contributed by atoms with E-state index in [4.69, 9.17) is 9.41 Å². The van der Waals surface area contributed by atoms with Crippen LogP contribution in [-0.2, 0) is 6.54 Å². The lowest BCUT2D eigenvalue weighted by Gasteiger charge is -2.22. The van der Waals surface area contributed by atoms with Crippen LogP contribution in [-0.4, -0.2) is 36.4 Å². The lowest BCUT2D eigenvalue weighted by atomic mass is 9.82. The Bertz CT molecular complexity index is 815.